The minimum absolute atomic E-state index is 0.0329. The van der Waals surface area contributed by atoms with Gasteiger partial charge in [0, 0.05) is 20.0 Å². The van der Waals surface area contributed by atoms with Crippen LogP contribution in [0.4, 0.5) is 0 Å². The molecule has 3 aromatic rings. The Bertz CT molecular complexity index is 1810. The van der Waals surface area contributed by atoms with Crippen molar-refractivity contribution in [3.8, 4) is 0 Å². The summed E-state index contributed by atoms with van der Waals surface area (Å²) in [5.41, 5.74) is 0.786. The number of rotatable bonds is 16. The molecule has 4 heterocycles. The smallest absolute Gasteiger partial charge is 0.313 e. The Morgan fingerprint density at radius 2 is 1.87 bits per heavy atom. The summed E-state index contributed by atoms with van der Waals surface area (Å²) in [4.78, 5) is 61.6. The third-order valence-electron chi connectivity index (χ3n) is 11.1. The maximum atomic E-state index is 14.9. The van der Waals surface area contributed by atoms with Gasteiger partial charge in [0.05, 0.1) is 42.1 Å². The molecule has 0 aliphatic carbocycles. The van der Waals surface area contributed by atoms with Crippen LogP contribution in [0.15, 0.2) is 79.9 Å². The molecule has 13 heteroatoms. The van der Waals surface area contributed by atoms with Gasteiger partial charge in [0.25, 0.3) is 0 Å². The molecule has 3 aliphatic rings. The van der Waals surface area contributed by atoms with Crippen molar-refractivity contribution in [1.82, 2.24) is 29.7 Å². The molecule has 2 bridgehead atoms. The molecule has 3 aliphatic heterocycles. The van der Waals surface area contributed by atoms with Crippen molar-refractivity contribution in [2.45, 2.75) is 88.6 Å². The summed E-state index contributed by atoms with van der Waals surface area (Å²) in [6, 6.07) is 14.3. The normalized spacial score (nSPS) is 25.0. The highest BCUT2D eigenvalue weighted by atomic mass is 16.6. The van der Waals surface area contributed by atoms with Gasteiger partial charge in [-0.1, -0.05) is 66.8 Å². The quantitative estimate of drug-likeness (QED) is 0.174. The lowest BCUT2D eigenvalue weighted by molar-refractivity contribution is -0.165. The van der Waals surface area contributed by atoms with Gasteiger partial charge in [-0.2, -0.15) is 0 Å². The Hall–Kier alpha value is -4.88. The second kappa shape index (κ2) is 15.4. The largest absolute Gasteiger partial charge is 0.455 e. The minimum atomic E-state index is -1.32. The number of nitrogens with zero attached hydrogens (tertiary/aromatic N) is 6. The van der Waals surface area contributed by atoms with Crippen molar-refractivity contribution in [2.24, 2.45) is 11.8 Å². The van der Waals surface area contributed by atoms with Crippen molar-refractivity contribution in [3.63, 3.8) is 0 Å². The number of hydrogen-bond acceptors (Lipinski definition) is 9. The first-order valence-corrected chi connectivity index (χ1v) is 18.0. The number of aromatic nitrogens is 3. The summed E-state index contributed by atoms with van der Waals surface area (Å²) in [7, 11) is 1.68. The van der Waals surface area contributed by atoms with Gasteiger partial charge < -0.3 is 29.3 Å². The third kappa shape index (κ3) is 6.40. The van der Waals surface area contributed by atoms with Crippen LogP contribution < -0.4 is 0 Å². The number of likely N-dealkylation sites (N-methyl/N-ethyl adjacent to an activating group) is 1. The number of para-hydroxylation sites is 1. The van der Waals surface area contributed by atoms with E-state index in [0.29, 0.717) is 36.8 Å². The van der Waals surface area contributed by atoms with Crippen LogP contribution in [-0.2, 0) is 35.3 Å². The zero-order chi connectivity index (χ0) is 37.2. The number of allylic oxidation sites excluding steroid dienone is 1. The van der Waals surface area contributed by atoms with Crippen molar-refractivity contribution in [2.75, 3.05) is 20.2 Å². The van der Waals surface area contributed by atoms with E-state index in [4.69, 9.17) is 9.47 Å². The van der Waals surface area contributed by atoms with E-state index in [2.05, 4.69) is 23.5 Å². The minimum Gasteiger partial charge on any atom is -0.455 e. The van der Waals surface area contributed by atoms with Crippen molar-refractivity contribution in [3.05, 3.63) is 85.5 Å². The van der Waals surface area contributed by atoms with Crippen LogP contribution in [0.25, 0.3) is 11.0 Å². The Kier molecular flexibility index (Phi) is 10.9. The van der Waals surface area contributed by atoms with E-state index in [1.54, 1.807) is 33.7 Å². The summed E-state index contributed by atoms with van der Waals surface area (Å²) >= 11 is 0. The number of aliphatic hydroxyl groups is 1. The molecular weight excluding hydrogens is 664 g/mol. The summed E-state index contributed by atoms with van der Waals surface area (Å²) < 4.78 is 14.6. The highest BCUT2D eigenvalue weighted by Gasteiger charge is 2.75. The van der Waals surface area contributed by atoms with Gasteiger partial charge in [-0.05, 0) is 50.3 Å². The molecular formula is C39H48N6O7. The number of benzene rings is 2. The van der Waals surface area contributed by atoms with Crippen LogP contribution in [-0.4, -0.2) is 109 Å². The summed E-state index contributed by atoms with van der Waals surface area (Å²) in [5.74, 6) is -3.57. The summed E-state index contributed by atoms with van der Waals surface area (Å²) in [5, 5.41) is 19.0. The fourth-order valence-electron chi connectivity index (χ4n) is 8.30. The zero-order valence-electron chi connectivity index (χ0n) is 30.0. The van der Waals surface area contributed by atoms with Gasteiger partial charge in [-0.3, -0.25) is 19.2 Å². The zero-order valence-corrected chi connectivity index (χ0v) is 30.0. The van der Waals surface area contributed by atoms with Gasteiger partial charge in [-0.15, -0.1) is 18.3 Å². The lowest BCUT2D eigenvalue weighted by Gasteiger charge is -2.39. The average molecular weight is 713 g/mol. The molecule has 6 rings (SSSR count). The molecule has 1 N–H and O–H groups in total. The molecule has 3 saturated heterocycles. The second-order valence-corrected chi connectivity index (χ2v) is 14.0. The van der Waals surface area contributed by atoms with E-state index in [0.717, 1.165) is 5.52 Å². The first-order valence-electron chi connectivity index (χ1n) is 18.0. The van der Waals surface area contributed by atoms with Crippen LogP contribution in [0.2, 0.25) is 0 Å². The molecule has 0 unspecified atom stereocenters. The number of hydrogen-bond donors (Lipinski definition) is 1. The number of amides is 3. The van der Waals surface area contributed by atoms with Crippen molar-refractivity contribution in [1.29, 1.82) is 0 Å². The highest BCUT2D eigenvalue weighted by Crippen LogP contribution is 2.59. The number of carbonyl (C=O) groups is 4. The number of carbonyl (C=O) groups excluding carboxylic acids is 4. The molecule has 0 saturated carbocycles. The Labute approximate surface area is 303 Å². The summed E-state index contributed by atoms with van der Waals surface area (Å²) in [6.45, 7) is 11.1. The Morgan fingerprint density at radius 3 is 2.56 bits per heavy atom. The molecule has 0 radical (unpaired) electrons. The van der Waals surface area contributed by atoms with E-state index < -0.39 is 65.6 Å². The second-order valence-electron chi connectivity index (χ2n) is 14.0. The van der Waals surface area contributed by atoms with E-state index >= 15 is 0 Å². The van der Waals surface area contributed by atoms with Crippen LogP contribution in [0.5, 0.6) is 0 Å². The Morgan fingerprint density at radius 1 is 1.13 bits per heavy atom. The van der Waals surface area contributed by atoms with Gasteiger partial charge >= 0.3 is 5.97 Å². The number of fused-ring (bicyclic) bond motifs is 2. The van der Waals surface area contributed by atoms with E-state index in [-0.39, 0.29) is 32.1 Å². The van der Waals surface area contributed by atoms with Gasteiger partial charge in [0.2, 0.25) is 17.7 Å². The molecule has 52 heavy (non-hydrogen) atoms. The maximum absolute atomic E-state index is 14.9. The van der Waals surface area contributed by atoms with E-state index in [1.807, 2.05) is 68.4 Å². The highest BCUT2D eigenvalue weighted by molar-refractivity contribution is 5.98. The molecule has 13 nitrogen and oxygen atoms in total. The third-order valence-corrected chi connectivity index (χ3v) is 11.1. The molecule has 8 atom stereocenters. The van der Waals surface area contributed by atoms with E-state index in [9.17, 15) is 24.3 Å². The topological polar surface area (TPSA) is 147 Å². The SMILES string of the molecule is C=CCCC(=O)N(C)[C@H](C)[C@H](OC(=O)[C@@H]1[C@H]2C(=O)N([C@@H](CC)CO)[C@H](C(=O)N(CC=C)Cn3nnc4ccccc43)[C@]23CC[C@H]1O3)c1ccccc1. The lowest BCUT2D eigenvalue weighted by Crippen LogP contribution is -2.58. The van der Waals surface area contributed by atoms with Crippen molar-refractivity contribution >= 4 is 34.7 Å². The molecule has 2 aromatic carbocycles. The molecule has 3 amide bonds. The fourth-order valence-corrected chi connectivity index (χ4v) is 8.30. The first kappa shape index (κ1) is 36.9. The molecule has 1 spiro atoms. The van der Waals surface area contributed by atoms with Crippen molar-refractivity contribution < 1.29 is 33.8 Å². The van der Waals surface area contributed by atoms with Gasteiger partial charge in [0.15, 0.2) is 0 Å². The predicted molar refractivity (Wildman–Crippen MR) is 192 cm³/mol. The standard InChI is InChI=1S/C39H48N6O7/c1-6-9-19-31(47)42(5)25(4)34(26-15-11-10-12-16-26)51-38(50)32-30-20-21-39(52-30)33(32)36(48)45(27(8-3)23-46)35(39)37(49)43(22-7-2)24-44-29-18-14-13-17-28(29)40-41-44/h6-7,10-18,25,27,30,32-35,46H,1-2,8-9,19-24H2,3-5H3/t25-,27+,30-,32+,33+,34+,35-,39+/m1/s1. The fraction of sp³-hybridized carbons (Fsp3) is 0.487. The monoisotopic (exact) mass is 712 g/mol. The van der Waals surface area contributed by atoms with Crippen LogP contribution >= 0.6 is 0 Å². The lowest BCUT2D eigenvalue weighted by atomic mass is 9.70. The first-order chi connectivity index (χ1) is 25.1. The molecule has 1 aromatic heterocycles. The number of likely N-dealkylation sites (tertiary alicyclic amines) is 1. The van der Waals surface area contributed by atoms with Crippen LogP contribution in [0.1, 0.15) is 57.6 Å². The predicted octanol–water partition coefficient (Wildman–Crippen LogP) is 3.65. The Balaban J connectivity index is 1.33. The number of aliphatic hydroxyl groups excluding tert-OH is 1. The molecule has 276 valence electrons. The van der Waals surface area contributed by atoms with Gasteiger partial charge in [0.1, 0.15) is 29.9 Å². The molecule has 3 fully saturated rings. The summed E-state index contributed by atoms with van der Waals surface area (Å²) in [6.07, 6.45) is 3.77. The van der Waals surface area contributed by atoms with Crippen LogP contribution in [0.3, 0.4) is 0 Å². The van der Waals surface area contributed by atoms with Crippen LogP contribution in [0, 0.1) is 11.8 Å². The van der Waals surface area contributed by atoms with Gasteiger partial charge in [-0.25, -0.2) is 4.68 Å². The number of esters is 1. The average Bonchev–Trinajstić information content (AvgIpc) is 3.92. The van der Waals surface area contributed by atoms with E-state index in [1.165, 1.54) is 4.90 Å². The number of ether oxygens (including phenoxy) is 2. The maximum Gasteiger partial charge on any atom is 0.313 e.